The van der Waals surface area contributed by atoms with E-state index in [0.29, 0.717) is 5.75 Å². The predicted molar refractivity (Wildman–Crippen MR) is 81.4 cm³/mol. The number of carbonyl (C=O) groups excluding carboxylic acids is 1. The summed E-state index contributed by atoms with van der Waals surface area (Å²) >= 11 is 0. The van der Waals surface area contributed by atoms with E-state index in [1.54, 1.807) is 0 Å². The zero-order valence-corrected chi connectivity index (χ0v) is 13.1. The van der Waals surface area contributed by atoms with E-state index in [-0.39, 0.29) is 18.5 Å². The molecule has 1 fully saturated rings. The van der Waals surface area contributed by atoms with Gasteiger partial charge in [-0.25, -0.2) is 9.18 Å². The number of likely N-dealkylation sites (N-methyl/N-ethyl adjacent to an activating group) is 1. The molecule has 1 atom stereocenters. The van der Waals surface area contributed by atoms with Crippen LogP contribution in [-0.2, 0) is 9.53 Å². The number of halogens is 1. The van der Waals surface area contributed by atoms with Crippen molar-refractivity contribution in [3.8, 4) is 5.75 Å². The van der Waals surface area contributed by atoms with Crippen molar-refractivity contribution >= 4 is 5.97 Å². The van der Waals surface area contributed by atoms with Gasteiger partial charge < -0.3 is 14.4 Å². The van der Waals surface area contributed by atoms with Gasteiger partial charge in [-0.15, -0.1) is 0 Å². The van der Waals surface area contributed by atoms with E-state index in [1.807, 2.05) is 6.92 Å². The molecule has 1 aliphatic rings. The number of nitrogens with zero attached hydrogens (tertiary/aromatic N) is 2. The molecule has 1 unspecified atom stereocenters. The van der Waals surface area contributed by atoms with Crippen LogP contribution in [0.1, 0.15) is 6.92 Å². The molecule has 0 aliphatic carbocycles. The van der Waals surface area contributed by atoms with Gasteiger partial charge in [0.15, 0.2) is 6.61 Å². The molecule has 0 aromatic heterocycles. The third kappa shape index (κ3) is 5.61. The van der Waals surface area contributed by atoms with E-state index in [9.17, 15) is 9.18 Å². The highest BCUT2D eigenvalue weighted by Crippen LogP contribution is 2.11. The SMILES string of the molecule is CC(CN1CCN(C)CC1)OC(=O)COc1ccc(F)cc1. The van der Waals surface area contributed by atoms with Crippen LogP contribution in [0.5, 0.6) is 5.75 Å². The molecule has 5 nitrogen and oxygen atoms in total. The van der Waals surface area contributed by atoms with Crippen molar-refractivity contribution in [1.82, 2.24) is 9.80 Å². The summed E-state index contributed by atoms with van der Waals surface area (Å²) in [5.41, 5.74) is 0. The molecule has 1 aromatic rings. The first-order chi connectivity index (χ1) is 10.5. The minimum atomic E-state index is -0.411. The van der Waals surface area contributed by atoms with Crippen molar-refractivity contribution in [1.29, 1.82) is 0 Å². The molecular weight excluding hydrogens is 287 g/mol. The minimum Gasteiger partial charge on any atom is -0.482 e. The lowest BCUT2D eigenvalue weighted by Crippen LogP contribution is -2.47. The fourth-order valence-electron chi connectivity index (χ4n) is 2.36. The molecule has 1 saturated heterocycles. The Morgan fingerprint density at radius 1 is 1.23 bits per heavy atom. The number of esters is 1. The van der Waals surface area contributed by atoms with E-state index in [1.165, 1.54) is 24.3 Å². The summed E-state index contributed by atoms with van der Waals surface area (Å²) in [4.78, 5) is 16.3. The molecule has 0 saturated carbocycles. The van der Waals surface area contributed by atoms with E-state index < -0.39 is 5.97 Å². The highest BCUT2D eigenvalue weighted by atomic mass is 19.1. The van der Waals surface area contributed by atoms with Crippen LogP contribution in [0.4, 0.5) is 4.39 Å². The minimum absolute atomic E-state index is 0.168. The average molecular weight is 310 g/mol. The molecule has 0 bridgehead atoms. The van der Waals surface area contributed by atoms with E-state index >= 15 is 0 Å². The number of hydrogen-bond acceptors (Lipinski definition) is 5. The van der Waals surface area contributed by atoms with Crippen LogP contribution >= 0.6 is 0 Å². The Bertz CT molecular complexity index is 473. The molecule has 1 aromatic carbocycles. The van der Waals surface area contributed by atoms with Crippen LogP contribution in [0.2, 0.25) is 0 Å². The zero-order valence-electron chi connectivity index (χ0n) is 13.1. The third-order valence-electron chi connectivity index (χ3n) is 3.61. The second-order valence-corrected chi connectivity index (χ2v) is 5.65. The summed E-state index contributed by atoms with van der Waals surface area (Å²) < 4.78 is 23.3. The molecule has 22 heavy (non-hydrogen) atoms. The number of piperazine rings is 1. The first-order valence-electron chi connectivity index (χ1n) is 7.51. The molecule has 1 aliphatic heterocycles. The molecule has 0 N–H and O–H groups in total. The van der Waals surface area contributed by atoms with Gasteiger partial charge in [0.25, 0.3) is 0 Å². The van der Waals surface area contributed by atoms with Crippen LogP contribution in [0.3, 0.4) is 0 Å². The molecule has 6 heteroatoms. The van der Waals surface area contributed by atoms with Crippen molar-refractivity contribution in [3.63, 3.8) is 0 Å². The number of hydrogen-bond donors (Lipinski definition) is 0. The summed E-state index contributed by atoms with van der Waals surface area (Å²) in [7, 11) is 2.10. The summed E-state index contributed by atoms with van der Waals surface area (Å²) in [5, 5.41) is 0. The smallest absolute Gasteiger partial charge is 0.344 e. The Morgan fingerprint density at radius 2 is 1.86 bits per heavy atom. The van der Waals surface area contributed by atoms with E-state index in [4.69, 9.17) is 9.47 Å². The lowest BCUT2D eigenvalue weighted by Gasteiger charge is -2.33. The third-order valence-corrected chi connectivity index (χ3v) is 3.61. The molecular formula is C16H23FN2O3. The highest BCUT2D eigenvalue weighted by molar-refractivity contribution is 5.71. The van der Waals surface area contributed by atoms with Crippen molar-refractivity contribution in [2.24, 2.45) is 0 Å². The number of benzene rings is 1. The Morgan fingerprint density at radius 3 is 2.50 bits per heavy atom. The van der Waals surface area contributed by atoms with E-state index in [0.717, 1.165) is 32.7 Å². The van der Waals surface area contributed by atoms with Crippen molar-refractivity contribution in [3.05, 3.63) is 30.1 Å². The maximum absolute atomic E-state index is 12.7. The lowest BCUT2D eigenvalue weighted by molar-refractivity contribution is -0.151. The summed E-state index contributed by atoms with van der Waals surface area (Å²) in [6.07, 6.45) is -0.173. The van der Waals surface area contributed by atoms with E-state index in [2.05, 4.69) is 16.8 Å². The Labute approximate surface area is 130 Å². The maximum atomic E-state index is 12.7. The van der Waals surface area contributed by atoms with Crippen molar-refractivity contribution < 1.29 is 18.7 Å². The molecule has 2 rings (SSSR count). The topological polar surface area (TPSA) is 42.0 Å². The van der Waals surface area contributed by atoms with Crippen molar-refractivity contribution in [2.45, 2.75) is 13.0 Å². The Balaban J connectivity index is 1.66. The maximum Gasteiger partial charge on any atom is 0.344 e. The summed E-state index contributed by atoms with van der Waals surface area (Å²) in [6, 6.07) is 5.54. The fourth-order valence-corrected chi connectivity index (χ4v) is 2.36. The second-order valence-electron chi connectivity index (χ2n) is 5.65. The predicted octanol–water partition coefficient (Wildman–Crippen LogP) is 1.38. The fraction of sp³-hybridized carbons (Fsp3) is 0.562. The van der Waals surface area contributed by atoms with Gasteiger partial charge in [0.2, 0.25) is 0 Å². The van der Waals surface area contributed by atoms with Crippen molar-refractivity contribution in [2.75, 3.05) is 46.4 Å². The first-order valence-corrected chi connectivity index (χ1v) is 7.51. The van der Waals surface area contributed by atoms with Gasteiger partial charge in [0.1, 0.15) is 17.7 Å². The van der Waals surface area contributed by atoms with Crippen LogP contribution in [0.15, 0.2) is 24.3 Å². The van der Waals surface area contributed by atoms with Gasteiger partial charge in [-0.3, -0.25) is 4.90 Å². The first kappa shape index (κ1) is 16.7. The largest absolute Gasteiger partial charge is 0.482 e. The van der Waals surface area contributed by atoms with Gasteiger partial charge in [-0.2, -0.15) is 0 Å². The zero-order chi connectivity index (χ0) is 15.9. The van der Waals surface area contributed by atoms with Crippen LogP contribution < -0.4 is 4.74 Å². The van der Waals surface area contributed by atoms with Crippen LogP contribution in [0, 0.1) is 5.82 Å². The van der Waals surface area contributed by atoms with Gasteiger partial charge in [0, 0.05) is 32.7 Å². The van der Waals surface area contributed by atoms with Gasteiger partial charge in [-0.05, 0) is 38.2 Å². The van der Waals surface area contributed by atoms with Crippen LogP contribution in [-0.4, -0.2) is 68.3 Å². The highest BCUT2D eigenvalue weighted by Gasteiger charge is 2.18. The quantitative estimate of drug-likeness (QED) is 0.743. The molecule has 0 amide bonds. The second kappa shape index (κ2) is 8.10. The number of rotatable bonds is 6. The molecule has 1 heterocycles. The summed E-state index contributed by atoms with van der Waals surface area (Å²) in [6.45, 7) is 6.50. The molecule has 122 valence electrons. The number of carbonyl (C=O) groups is 1. The number of ether oxygens (including phenoxy) is 2. The Kier molecular flexibility index (Phi) is 6.15. The average Bonchev–Trinajstić information content (AvgIpc) is 2.49. The summed E-state index contributed by atoms with van der Waals surface area (Å²) in [5.74, 6) is -0.299. The monoisotopic (exact) mass is 310 g/mol. The normalized spacial score (nSPS) is 18.0. The molecule has 0 spiro atoms. The molecule has 0 radical (unpaired) electrons. The van der Waals surface area contributed by atoms with Gasteiger partial charge in [-0.1, -0.05) is 0 Å². The van der Waals surface area contributed by atoms with Gasteiger partial charge in [0.05, 0.1) is 0 Å². The van der Waals surface area contributed by atoms with Gasteiger partial charge >= 0.3 is 5.97 Å². The standard InChI is InChI=1S/C16H23FN2O3/c1-13(11-19-9-7-18(2)8-10-19)22-16(20)12-21-15-5-3-14(17)4-6-15/h3-6,13H,7-12H2,1-2H3. The van der Waals surface area contributed by atoms with Crippen LogP contribution in [0.25, 0.3) is 0 Å². The Hall–Kier alpha value is -1.66. The lowest BCUT2D eigenvalue weighted by atomic mass is 10.3.